The van der Waals surface area contributed by atoms with Crippen molar-refractivity contribution in [3.63, 3.8) is 0 Å². The molecule has 1 N–H and O–H groups in total. The van der Waals surface area contributed by atoms with Crippen molar-refractivity contribution in [3.8, 4) is 0 Å². The van der Waals surface area contributed by atoms with Gasteiger partial charge in [0.2, 0.25) is 0 Å². The SMILES string of the molecule is CCNCCN(C)C(C)(C)CC(C)(C)C. The average Bonchev–Trinajstić information content (AvgIpc) is 2.00. The third-order valence-corrected chi connectivity index (χ3v) is 2.87. The number of likely N-dealkylation sites (N-methyl/N-ethyl adjacent to an activating group) is 2. The van der Waals surface area contributed by atoms with Crippen LogP contribution in [0.25, 0.3) is 0 Å². The summed E-state index contributed by atoms with van der Waals surface area (Å²) >= 11 is 0. The van der Waals surface area contributed by atoms with Crippen LogP contribution < -0.4 is 5.32 Å². The van der Waals surface area contributed by atoms with Crippen LogP contribution in [0.1, 0.15) is 48.0 Å². The van der Waals surface area contributed by atoms with Gasteiger partial charge < -0.3 is 5.32 Å². The second-order valence-electron chi connectivity index (χ2n) is 6.32. The largest absolute Gasteiger partial charge is 0.316 e. The standard InChI is InChI=1S/C13H30N2/c1-8-14-9-10-15(7)13(5,6)11-12(2,3)4/h14H,8-11H2,1-7H3. The molecular weight excluding hydrogens is 184 g/mol. The van der Waals surface area contributed by atoms with E-state index < -0.39 is 0 Å². The van der Waals surface area contributed by atoms with Crippen LogP contribution in [0.4, 0.5) is 0 Å². The first-order chi connectivity index (χ1) is 6.69. The summed E-state index contributed by atoms with van der Waals surface area (Å²) in [7, 11) is 2.23. The molecule has 0 saturated heterocycles. The Morgan fingerprint density at radius 3 is 2.00 bits per heavy atom. The Balaban J connectivity index is 4.08. The summed E-state index contributed by atoms with van der Waals surface area (Å²) in [5, 5.41) is 3.37. The molecule has 0 bridgehead atoms. The highest BCUT2D eigenvalue weighted by molar-refractivity contribution is 4.84. The maximum Gasteiger partial charge on any atom is 0.0155 e. The van der Waals surface area contributed by atoms with Crippen LogP contribution in [0.15, 0.2) is 0 Å². The molecule has 0 spiro atoms. The quantitative estimate of drug-likeness (QED) is 0.684. The summed E-state index contributed by atoms with van der Waals surface area (Å²) in [6.45, 7) is 17.0. The molecule has 0 amide bonds. The van der Waals surface area contributed by atoms with Gasteiger partial charge in [-0.25, -0.2) is 0 Å². The van der Waals surface area contributed by atoms with Crippen LogP contribution in [0.3, 0.4) is 0 Å². The van der Waals surface area contributed by atoms with Crippen molar-refractivity contribution in [1.82, 2.24) is 10.2 Å². The fourth-order valence-electron chi connectivity index (χ4n) is 2.16. The van der Waals surface area contributed by atoms with Crippen molar-refractivity contribution in [3.05, 3.63) is 0 Å². The first kappa shape index (κ1) is 14.9. The van der Waals surface area contributed by atoms with E-state index in [1.165, 1.54) is 6.42 Å². The van der Waals surface area contributed by atoms with Gasteiger partial charge in [-0.2, -0.15) is 0 Å². The molecule has 0 heterocycles. The third kappa shape index (κ3) is 6.91. The zero-order valence-corrected chi connectivity index (χ0v) is 11.8. The van der Waals surface area contributed by atoms with E-state index in [-0.39, 0.29) is 5.54 Å². The summed E-state index contributed by atoms with van der Waals surface area (Å²) in [6.07, 6.45) is 1.22. The van der Waals surface area contributed by atoms with E-state index >= 15 is 0 Å². The lowest BCUT2D eigenvalue weighted by Crippen LogP contribution is -2.46. The fourth-order valence-corrected chi connectivity index (χ4v) is 2.16. The highest BCUT2D eigenvalue weighted by Gasteiger charge is 2.28. The van der Waals surface area contributed by atoms with E-state index in [0.29, 0.717) is 5.41 Å². The van der Waals surface area contributed by atoms with Crippen LogP contribution >= 0.6 is 0 Å². The third-order valence-electron chi connectivity index (χ3n) is 2.87. The Morgan fingerprint density at radius 1 is 1.07 bits per heavy atom. The number of hydrogen-bond acceptors (Lipinski definition) is 2. The van der Waals surface area contributed by atoms with E-state index in [4.69, 9.17) is 0 Å². The molecule has 0 rings (SSSR count). The molecule has 0 aromatic rings. The van der Waals surface area contributed by atoms with Gasteiger partial charge >= 0.3 is 0 Å². The number of nitrogens with one attached hydrogen (secondary N) is 1. The molecule has 0 aromatic carbocycles. The minimum atomic E-state index is 0.285. The molecule has 0 aliphatic carbocycles. The van der Waals surface area contributed by atoms with E-state index in [2.05, 4.69) is 58.8 Å². The smallest absolute Gasteiger partial charge is 0.0155 e. The first-order valence-electron chi connectivity index (χ1n) is 6.11. The molecule has 2 nitrogen and oxygen atoms in total. The van der Waals surface area contributed by atoms with E-state index in [1.807, 2.05) is 0 Å². The zero-order chi connectivity index (χ0) is 12.1. The number of nitrogens with zero attached hydrogens (tertiary/aromatic N) is 1. The summed E-state index contributed by atoms with van der Waals surface area (Å²) < 4.78 is 0. The van der Waals surface area contributed by atoms with Crippen molar-refractivity contribution in [1.29, 1.82) is 0 Å². The molecule has 0 fully saturated rings. The Morgan fingerprint density at radius 2 is 1.60 bits per heavy atom. The molecule has 0 atom stereocenters. The average molecular weight is 214 g/mol. The Bertz CT molecular complexity index is 168. The summed E-state index contributed by atoms with van der Waals surface area (Å²) in [4.78, 5) is 2.46. The molecule has 0 radical (unpaired) electrons. The minimum Gasteiger partial charge on any atom is -0.316 e. The maximum absolute atomic E-state index is 3.37. The van der Waals surface area contributed by atoms with Gasteiger partial charge in [0.25, 0.3) is 0 Å². The van der Waals surface area contributed by atoms with Gasteiger partial charge in [-0.1, -0.05) is 27.7 Å². The maximum atomic E-state index is 3.37. The van der Waals surface area contributed by atoms with E-state index in [1.54, 1.807) is 0 Å². The normalized spacial score (nSPS) is 13.6. The summed E-state index contributed by atoms with van der Waals surface area (Å²) in [5.41, 5.74) is 0.684. The second kappa shape index (κ2) is 5.86. The molecule has 0 aliphatic rings. The van der Waals surface area contributed by atoms with Crippen molar-refractivity contribution >= 4 is 0 Å². The molecule has 0 aliphatic heterocycles. The van der Waals surface area contributed by atoms with Gasteiger partial charge in [0.15, 0.2) is 0 Å². The second-order valence-corrected chi connectivity index (χ2v) is 6.32. The molecular formula is C13H30N2. The lowest BCUT2D eigenvalue weighted by Gasteiger charge is -2.40. The first-order valence-corrected chi connectivity index (χ1v) is 6.11. The predicted molar refractivity (Wildman–Crippen MR) is 69.3 cm³/mol. The lowest BCUT2D eigenvalue weighted by molar-refractivity contribution is 0.104. The van der Waals surface area contributed by atoms with Crippen LogP contribution in [0, 0.1) is 5.41 Å². The van der Waals surface area contributed by atoms with Gasteiger partial charge in [-0.3, -0.25) is 4.90 Å². The summed E-state index contributed by atoms with van der Waals surface area (Å²) in [6, 6.07) is 0. The Hall–Kier alpha value is -0.0800. The topological polar surface area (TPSA) is 15.3 Å². The van der Waals surface area contributed by atoms with Gasteiger partial charge in [0.1, 0.15) is 0 Å². The van der Waals surface area contributed by atoms with Crippen molar-refractivity contribution in [2.75, 3.05) is 26.7 Å². The van der Waals surface area contributed by atoms with Gasteiger partial charge in [0, 0.05) is 18.6 Å². The highest BCUT2D eigenvalue weighted by atomic mass is 15.2. The van der Waals surface area contributed by atoms with Crippen molar-refractivity contribution < 1.29 is 0 Å². The molecule has 0 aromatic heterocycles. The number of hydrogen-bond donors (Lipinski definition) is 1. The highest BCUT2D eigenvalue weighted by Crippen LogP contribution is 2.30. The van der Waals surface area contributed by atoms with Gasteiger partial charge in [-0.15, -0.1) is 0 Å². The molecule has 0 saturated carbocycles. The predicted octanol–water partition coefficient (Wildman–Crippen LogP) is 2.74. The Kier molecular flexibility index (Phi) is 5.82. The molecule has 0 unspecified atom stereocenters. The van der Waals surface area contributed by atoms with Crippen LogP contribution in [-0.2, 0) is 0 Å². The van der Waals surface area contributed by atoms with Crippen molar-refractivity contribution in [2.24, 2.45) is 5.41 Å². The van der Waals surface area contributed by atoms with Gasteiger partial charge in [-0.05, 0) is 39.3 Å². The van der Waals surface area contributed by atoms with Crippen LogP contribution in [0.5, 0.6) is 0 Å². The molecule has 92 valence electrons. The van der Waals surface area contributed by atoms with Crippen LogP contribution in [0.2, 0.25) is 0 Å². The summed E-state index contributed by atoms with van der Waals surface area (Å²) in [5.74, 6) is 0. The fraction of sp³-hybridized carbons (Fsp3) is 1.00. The van der Waals surface area contributed by atoms with E-state index in [9.17, 15) is 0 Å². The van der Waals surface area contributed by atoms with Crippen molar-refractivity contribution in [2.45, 2.75) is 53.5 Å². The van der Waals surface area contributed by atoms with Crippen LogP contribution in [-0.4, -0.2) is 37.1 Å². The van der Waals surface area contributed by atoms with Gasteiger partial charge in [0.05, 0.1) is 0 Å². The zero-order valence-electron chi connectivity index (χ0n) is 11.8. The minimum absolute atomic E-state index is 0.285. The monoisotopic (exact) mass is 214 g/mol. The molecule has 15 heavy (non-hydrogen) atoms. The Labute approximate surface area is 96.4 Å². The number of rotatable bonds is 6. The molecule has 2 heteroatoms. The lowest BCUT2D eigenvalue weighted by atomic mass is 9.81. The van der Waals surface area contributed by atoms with E-state index in [0.717, 1.165) is 19.6 Å².